The molecule has 6 nitrogen and oxygen atoms in total. The lowest BCUT2D eigenvalue weighted by Gasteiger charge is -2.16. The molecular weight excluding hydrogens is 376 g/mol. The maximum absolute atomic E-state index is 12.6. The monoisotopic (exact) mass is 398 g/mol. The first-order chi connectivity index (χ1) is 14.7. The zero-order valence-electron chi connectivity index (χ0n) is 16.4. The van der Waals surface area contributed by atoms with Crippen molar-refractivity contribution >= 4 is 28.9 Å². The molecule has 1 aliphatic rings. The van der Waals surface area contributed by atoms with Crippen LogP contribution < -0.4 is 5.32 Å². The number of benzene rings is 3. The van der Waals surface area contributed by atoms with Gasteiger partial charge >= 0.3 is 0 Å². The molecule has 0 bridgehead atoms. The highest BCUT2D eigenvalue weighted by atomic mass is 16.2. The van der Waals surface area contributed by atoms with Crippen molar-refractivity contribution in [2.45, 2.75) is 13.0 Å². The average molecular weight is 398 g/mol. The van der Waals surface area contributed by atoms with Crippen molar-refractivity contribution < 1.29 is 9.59 Å². The van der Waals surface area contributed by atoms with Crippen LogP contribution in [0.4, 0.5) is 17.1 Å². The standard InChI is InChI=1S/C24H22N4O2/c29-23-15-19(17-28(23)16-18-7-3-1-4-8-18)24(30)25-20-11-13-22(14-12-20)27-26-21-9-5-2-6-10-21/h1-14,19H,15-17H2,(H,25,30). The van der Waals surface area contributed by atoms with E-state index in [1.165, 1.54) is 0 Å². The molecule has 1 aliphatic heterocycles. The van der Waals surface area contributed by atoms with Gasteiger partial charge in [-0.25, -0.2) is 0 Å². The molecule has 1 fully saturated rings. The van der Waals surface area contributed by atoms with Gasteiger partial charge in [-0.2, -0.15) is 10.2 Å². The summed E-state index contributed by atoms with van der Waals surface area (Å²) in [4.78, 5) is 26.7. The van der Waals surface area contributed by atoms with E-state index in [9.17, 15) is 9.59 Å². The lowest BCUT2D eigenvalue weighted by Crippen LogP contribution is -2.28. The Morgan fingerprint density at radius 2 is 1.47 bits per heavy atom. The fourth-order valence-corrected chi connectivity index (χ4v) is 3.37. The first-order valence-electron chi connectivity index (χ1n) is 9.87. The van der Waals surface area contributed by atoms with Gasteiger partial charge in [0.1, 0.15) is 0 Å². The van der Waals surface area contributed by atoms with E-state index < -0.39 is 0 Å². The number of hydrogen-bond donors (Lipinski definition) is 1. The molecule has 1 atom stereocenters. The van der Waals surface area contributed by atoms with Crippen LogP contribution in [0.2, 0.25) is 0 Å². The van der Waals surface area contributed by atoms with Crippen LogP contribution in [0.3, 0.4) is 0 Å². The minimum atomic E-state index is -0.348. The highest BCUT2D eigenvalue weighted by Crippen LogP contribution is 2.24. The minimum Gasteiger partial charge on any atom is -0.338 e. The maximum atomic E-state index is 12.6. The largest absolute Gasteiger partial charge is 0.338 e. The predicted molar refractivity (Wildman–Crippen MR) is 116 cm³/mol. The van der Waals surface area contributed by atoms with Crippen LogP contribution in [0.5, 0.6) is 0 Å². The fourth-order valence-electron chi connectivity index (χ4n) is 3.37. The second-order valence-corrected chi connectivity index (χ2v) is 7.23. The Bertz CT molecular complexity index is 1030. The second-order valence-electron chi connectivity index (χ2n) is 7.23. The average Bonchev–Trinajstić information content (AvgIpc) is 3.15. The number of likely N-dealkylation sites (tertiary alicyclic amines) is 1. The lowest BCUT2D eigenvalue weighted by atomic mass is 10.1. The zero-order chi connectivity index (χ0) is 20.8. The van der Waals surface area contributed by atoms with Gasteiger partial charge in [-0.3, -0.25) is 9.59 Å². The van der Waals surface area contributed by atoms with Gasteiger partial charge in [0.25, 0.3) is 0 Å². The van der Waals surface area contributed by atoms with Crippen molar-refractivity contribution in [2.75, 3.05) is 11.9 Å². The molecule has 4 rings (SSSR count). The van der Waals surface area contributed by atoms with Crippen LogP contribution >= 0.6 is 0 Å². The summed E-state index contributed by atoms with van der Waals surface area (Å²) in [6.45, 7) is 0.966. The Morgan fingerprint density at radius 3 is 2.13 bits per heavy atom. The number of rotatable bonds is 6. The molecule has 1 heterocycles. The van der Waals surface area contributed by atoms with Gasteiger partial charge in [-0.05, 0) is 42.0 Å². The predicted octanol–water partition coefficient (Wildman–Crippen LogP) is 5.09. The summed E-state index contributed by atoms with van der Waals surface area (Å²) in [6, 6.07) is 26.5. The molecule has 0 radical (unpaired) electrons. The van der Waals surface area contributed by atoms with Crippen LogP contribution in [0.25, 0.3) is 0 Å². The summed E-state index contributed by atoms with van der Waals surface area (Å²) in [5.74, 6) is -0.480. The molecule has 1 N–H and O–H groups in total. The number of anilines is 1. The fraction of sp³-hybridized carbons (Fsp3) is 0.167. The van der Waals surface area contributed by atoms with Crippen LogP contribution in [-0.2, 0) is 16.1 Å². The summed E-state index contributed by atoms with van der Waals surface area (Å²) in [7, 11) is 0. The molecule has 0 saturated carbocycles. The topological polar surface area (TPSA) is 74.1 Å². The van der Waals surface area contributed by atoms with E-state index in [0.717, 1.165) is 11.3 Å². The van der Waals surface area contributed by atoms with Crippen molar-refractivity contribution in [3.05, 3.63) is 90.5 Å². The molecule has 30 heavy (non-hydrogen) atoms. The summed E-state index contributed by atoms with van der Waals surface area (Å²) in [5.41, 5.74) is 3.21. The summed E-state index contributed by atoms with van der Waals surface area (Å²) in [6.07, 6.45) is 0.238. The van der Waals surface area contributed by atoms with Crippen molar-refractivity contribution in [1.82, 2.24) is 4.90 Å². The van der Waals surface area contributed by atoms with Crippen molar-refractivity contribution in [3.63, 3.8) is 0 Å². The van der Waals surface area contributed by atoms with Gasteiger partial charge in [0.05, 0.1) is 17.3 Å². The third-order valence-corrected chi connectivity index (χ3v) is 4.97. The van der Waals surface area contributed by atoms with Crippen LogP contribution in [-0.4, -0.2) is 23.3 Å². The third kappa shape index (κ3) is 4.97. The van der Waals surface area contributed by atoms with E-state index >= 15 is 0 Å². The molecule has 2 amide bonds. The van der Waals surface area contributed by atoms with Crippen LogP contribution in [0.1, 0.15) is 12.0 Å². The first kappa shape index (κ1) is 19.5. The molecule has 0 aliphatic carbocycles. The normalized spacial score (nSPS) is 16.2. The van der Waals surface area contributed by atoms with E-state index in [0.29, 0.717) is 24.5 Å². The number of hydrogen-bond acceptors (Lipinski definition) is 4. The summed E-state index contributed by atoms with van der Waals surface area (Å²) < 4.78 is 0. The third-order valence-electron chi connectivity index (χ3n) is 4.97. The van der Waals surface area contributed by atoms with E-state index in [1.807, 2.05) is 60.7 Å². The molecule has 150 valence electrons. The van der Waals surface area contributed by atoms with Gasteiger partial charge in [0.2, 0.25) is 11.8 Å². The first-order valence-corrected chi connectivity index (χ1v) is 9.87. The summed E-state index contributed by atoms with van der Waals surface area (Å²) >= 11 is 0. The van der Waals surface area contributed by atoms with Crippen molar-refractivity contribution in [1.29, 1.82) is 0 Å². The van der Waals surface area contributed by atoms with E-state index in [1.54, 1.807) is 29.2 Å². The molecule has 6 heteroatoms. The molecular formula is C24H22N4O2. The van der Waals surface area contributed by atoms with E-state index in [2.05, 4.69) is 15.5 Å². The van der Waals surface area contributed by atoms with Crippen LogP contribution in [0, 0.1) is 5.92 Å². The van der Waals surface area contributed by atoms with Crippen molar-refractivity contribution in [3.8, 4) is 0 Å². The quantitative estimate of drug-likeness (QED) is 0.587. The SMILES string of the molecule is O=C(Nc1ccc(N=Nc2ccccc2)cc1)C1CC(=O)N(Cc2ccccc2)C1. The summed E-state index contributed by atoms with van der Waals surface area (Å²) in [5, 5.41) is 11.3. The minimum absolute atomic E-state index is 0.00988. The Hall–Kier alpha value is -3.80. The Balaban J connectivity index is 1.32. The Morgan fingerprint density at radius 1 is 0.867 bits per heavy atom. The highest BCUT2D eigenvalue weighted by Gasteiger charge is 2.34. The van der Waals surface area contributed by atoms with E-state index in [-0.39, 0.29) is 24.2 Å². The molecule has 0 spiro atoms. The lowest BCUT2D eigenvalue weighted by molar-refractivity contribution is -0.128. The van der Waals surface area contributed by atoms with Gasteiger partial charge in [-0.15, -0.1) is 0 Å². The number of carbonyl (C=O) groups is 2. The molecule has 0 aromatic heterocycles. The number of carbonyl (C=O) groups excluding carboxylic acids is 2. The van der Waals surface area contributed by atoms with Gasteiger partial charge in [-0.1, -0.05) is 48.5 Å². The maximum Gasteiger partial charge on any atom is 0.229 e. The number of amides is 2. The number of azo groups is 1. The van der Waals surface area contributed by atoms with Crippen LogP contribution in [0.15, 0.2) is 95.2 Å². The zero-order valence-corrected chi connectivity index (χ0v) is 16.4. The van der Waals surface area contributed by atoms with Gasteiger partial charge in [0.15, 0.2) is 0 Å². The Labute approximate surface area is 175 Å². The number of nitrogens with zero attached hydrogens (tertiary/aromatic N) is 3. The second kappa shape index (κ2) is 9.13. The van der Waals surface area contributed by atoms with E-state index in [4.69, 9.17) is 0 Å². The Kier molecular flexibility index (Phi) is 5.94. The molecule has 3 aromatic carbocycles. The van der Waals surface area contributed by atoms with Gasteiger partial charge < -0.3 is 10.2 Å². The molecule has 3 aromatic rings. The smallest absolute Gasteiger partial charge is 0.229 e. The molecule has 1 saturated heterocycles. The molecule has 1 unspecified atom stereocenters. The van der Waals surface area contributed by atoms with Crippen molar-refractivity contribution in [2.24, 2.45) is 16.1 Å². The van der Waals surface area contributed by atoms with Gasteiger partial charge in [0, 0.05) is 25.2 Å². The highest BCUT2D eigenvalue weighted by molar-refractivity contribution is 5.97. The number of nitrogens with one attached hydrogen (secondary N) is 1.